The molecule has 1 aromatic carbocycles. The van der Waals surface area contributed by atoms with Gasteiger partial charge >= 0.3 is 5.97 Å². The fourth-order valence-electron chi connectivity index (χ4n) is 11.5. The Bertz CT molecular complexity index is 2570. The number of methoxy groups -OCH3 is 1. The van der Waals surface area contributed by atoms with Gasteiger partial charge in [-0.3, -0.25) is 29.3 Å². The van der Waals surface area contributed by atoms with Gasteiger partial charge in [-0.2, -0.15) is 0 Å². The molecule has 6 bridgehead atoms. The van der Waals surface area contributed by atoms with Crippen molar-refractivity contribution in [3.05, 3.63) is 52.1 Å². The Morgan fingerprint density at radius 3 is 2.47 bits per heavy atom. The van der Waals surface area contributed by atoms with Gasteiger partial charge in [-0.25, -0.2) is 10.4 Å². The molecule has 5 fully saturated rings. The minimum absolute atomic E-state index is 0.126. The summed E-state index contributed by atoms with van der Waals surface area (Å²) in [6.07, 6.45) is 5.20. The van der Waals surface area contributed by atoms with Crippen LogP contribution in [0.4, 0.5) is 5.69 Å². The molecule has 0 spiro atoms. The smallest absolute Gasteiger partial charge is 0.324 e. The molecule has 72 heavy (non-hydrogen) atoms. The van der Waals surface area contributed by atoms with Crippen LogP contribution in [0.15, 0.2) is 35.8 Å². The quantitative estimate of drug-likeness (QED) is 0.172. The molecule has 5 aliphatic heterocycles. The van der Waals surface area contributed by atoms with Crippen LogP contribution in [-0.4, -0.2) is 165 Å². The number of carbonyl (C=O) groups excluding carboxylic acids is 3. The van der Waals surface area contributed by atoms with Gasteiger partial charge in [0.2, 0.25) is 5.91 Å². The first-order valence-corrected chi connectivity index (χ1v) is 27.3. The molecular weight excluding hydrogens is 935 g/mol. The number of cyclic esters (lactones) is 1. The summed E-state index contributed by atoms with van der Waals surface area (Å²) in [5.74, 6) is -0.603. The van der Waals surface area contributed by atoms with Crippen molar-refractivity contribution < 1.29 is 38.1 Å². The van der Waals surface area contributed by atoms with E-state index in [1.54, 1.807) is 12.1 Å². The van der Waals surface area contributed by atoms with E-state index in [0.717, 1.165) is 94.4 Å². The number of esters is 1. The average Bonchev–Trinajstić information content (AvgIpc) is 3.64. The largest absolute Gasteiger partial charge is 0.464 e. The van der Waals surface area contributed by atoms with E-state index < -0.39 is 29.5 Å². The molecule has 4 aromatic rings. The van der Waals surface area contributed by atoms with Crippen molar-refractivity contribution >= 4 is 45.7 Å². The molecule has 390 valence electrons. The van der Waals surface area contributed by atoms with E-state index in [4.69, 9.17) is 33.7 Å². The van der Waals surface area contributed by atoms with Gasteiger partial charge in [-0.15, -0.1) is 11.3 Å². The van der Waals surface area contributed by atoms with E-state index in [1.807, 2.05) is 6.20 Å². The maximum Gasteiger partial charge on any atom is 0.324 e. The number of thiazole rings is 1. The first-order valence-electron chi connectivity index (χ1n) is 26.4. The predicted octanol–water partition coefficient (Wildman–Crippen LogP) is 5.86. The van der Waals surface area contributed by atoms with E-state index in [-0.39, 0.29) is 48.4 Å². The molecule has 17 nitrogen and oxygen atoms in total. The van der Waals surface area contributed by atoms with Gasteiger partial charge in [0.05, 0.1) is 73.6 Å². The average molecular weight is 1010 g/mol. The zero-order valence-electron chi connectivity index (χ0n) is 43.3. The minimum atomic E-state index is -0.984. The molecule has 1 aliphatic carbocycles. The highest BCUT2D eigenvalue weighted by Crippen LogP contribution is 2.47. The van der Waals surface area contributed by atoms with Crippen LogP contribution in [0, 0.1) is 23.2 Å². The molecule has 1 saturated carbocycles. The number of hydrazine groups is 1. The lowest BCUT2D eigenvalue weighted by Crippen LogP contribution is -2.63. The third kappa shape index (κ3) is 10.7. The number of nitrogens with zero attached hydrogens (tertiary/aromatic N) is 7. The number of ether oxygens (including phenoxy) is 5. The second kappa shape index (κ2) is 21.7. The van der Waals surface area contributed by atoms with Crippen LogP contribution in [0.1, 0.15) is 88.7 Å². The first-order chi connectivity index (χ1) is 34.8. The number of nitrogens with one attached hydrogen (secondary N) is 2. The standard InChI is InChI=1S/C54H75N9O8S/c1-33-34(2)45(33)50(64)57-47-49(61-19-24-69-25-20-61)51-56-43(31-72-51)36-10-11-44-39(27-36)41(29-54(4,5)32-71-53(66)42-9-8-14-63(58-42)52(47)65)48(62(44)21-26-70-38-12-22-68-23-13-38)40-28-37(30-55-46(40)35(3)67-7)60-17-15-59(6)16-18-60/h10-11,27-28,30-31,33-35,38,42,45,47,49,58H,8-9,12-26,29,32H2,1-7H3,(H,57,64)/t33-,34+,35-,42-,45?,47-,49-/m0/s1. The van der Waals surface area contributed by atoms with Crippen LogP contribution >= 0.6 is 11.3 Å². The molecule has 4 saturated heterocycles. The predicted molar refractivity (Wildman–Crippen MR) is 276 cm³/mol. The van der Waals surface area contributed by atoms with Gasteiger partial charge in [0.15, 0.2) is 0 Å². The fraction of sp³-hybridized carbons (Fsp3) is 0.648. The Balaban J connectivity index is 1.14. The van der Waals surface area contributed by atoms with E-state index in [2.05, 4.69) is 101 Å². The van der Waals surface area contributed by atoms with Crippen molar-refractivity contribution in [2.45, 2.75) is 104 Å². The van der Waals surface area contributed by atoms with Crippen LogP contribution in [0.3, 0.4) is 0 Å². The van der Waals surface area contributed by atoms with Gasteiger partial charge in [0.25, 0.3) is 5.91 Å². The molecule has 7 atom stereocenters. The van der Waals surface area contributed by atoms with Crippen LogP contribution in [0.5, 0.6) is 0 Å². The molecule has 2 amide bonds. The van der Waals surface area contributed by atoms with Crippen molar-refractivity contribution in [1.29, 1.82) is 0 Å². The molecule has 2 N–H and O–H groups in total. The molecular formula is C54H75N9O8S. The molecule has 10 rings (SSSR count). The van der Waals surface area contributed by atoms with Crippen molar-refractivity contribution in [3.63, 3.8) is 0 Å². The number of pyridine rings is 1. The zero-order chi connectivity index (χ0) is 50.3. The molecule has 3 aromatic heterocycles. The van der Waals surface area contributed by atoms with Gasteiger partial charge < -0.3 is 43.4 Å². The number of benzene rings is 1. The summed E-state index contributed by atoms with van der Waals surface area (Å²) in [4.78, 5) is 61.2. The van der Waals surface area contributed by atoms with Crippen LogP contribution < -0.4 is 15.6 Å². The zero-order valence-corrected chi connectivity index (χ0v) is 44.1. The lowest BCUT2D eigenvalue weighted by atomic mass is 9.84. The first kappa shape index (κ1) is 51.0. The molecule has 1 unspecified atom stereocenters. The number of hydrogen-bond donors (Lipinski definition) is 2. The summed E-state index contributed by atoms with van der Waals surface area (Å²) in [6, 6.07) is 6.60. The molecule has 18 heteroatoms. The maximum atomic E-state index is 15.1. The number of rotatable bonds is 11. The van der Waals surface area contributed by atoms with Gasteiger partial charge in [-0.05, 0) is 81.7 Å². The van der Waals surface area contributed by atoms with Crippen LogP contribution in [0.25, 0.3) is 33.4 Å². The summed E-state index contributed by atoms with van der Waals surface area (Å²) >= 11 is 1.51. The third-order valence-corrected chi connectivity index (χ3v) is 17.2. The fourth-order valence-corrected chi connectivity index (χ4v) is 12.5. The molecule has 0 radical (unpaired) electrons. The highest BCUT2D eigenvalue weighted by atomic mass is 32.1. The number of carbonyl (C=O) groups is 3. The monoisotopic (exact) mass is 1010 g/mol. The summed E-state index contributed by atoms with van der Waals surface area (Å²) in [5.41, 5.74) is 10.6. The highest BCUT2D eigenvalue weighted by Gasteiger charge is 2.51. The van der Waals surface area contributed by atoms with Crippen LogP contribution in [0.2, 0.25) is 0 Å². The third-order valence-electron chi connectivity index (χ3n) is 16.3. The lowest BCUT2D eigenvalue weighted by molar-refractivity contribution is -0.156. The second-order valence-corrected chi connectivity index (χ2v) is 22.7. The number of anilines is 1. The number of likely N-dealkylation sites (N-methyl/N-ethyl adjacent to an activating group) is 1. The number of hydrogen-bond acceptors (Lipinski definition) is 15. The number of aromatic nitrogens is 3. The van der Waals surface area contributed by atoms with Gasteiger partial charge in [-0.1, -0.05) is 33.8 Å². The molecule has 8 heterocycles. The molecule has 6 aliphatic rings. The Labute approximate surface area is 428 Å². The highest BCUT2D eigenvalue weighted by molar-refractivity contribution is 7.10. The van der Waals surface area contributed by atoms with Gasteiger partial charge in [0.1, 0.15) is 17.1 Å². The summed E-state index contributed by atoms with van der Waals surface area (Å²) in [6.45, 7) is 19.3. The Kier molecular flexibility index (Phi) is 15.4. The number of piperazine rings is 1. The van der Waals surface area contributed by atoms with Crippen molar-refractivity contribution in [2.24, 2.45) is 23.2 Å². The Morgan fingerprint density at radius 1 is 0.986 bits per heavy atom. The summed E-state index contributed by atoms with van der Waals surface area (Å²) in [7, 11) is 3.90. The SMILES string of the molecule is CO[C@@H](C)c1ncc(N2CCN(C)CC2)cc1-c1c2c3cc(ccc3n1CCOC1CCOCC1)-c1csc(n1)[C@@H](N1CCOCC1)[C@H](NC(=O)C1[C@@H](C)[C@H]1C)C(=O)N1CCC[C@H](N1)C(=O)OCC(C)(C)C2. The Hall–Kier alpha value is -4.53. The van der Waals surface area contributed by atoms with E-state index in [9.17, 15) is 9.59 Å². The van der Waals surface area contributed by atoms with Gasteiger partial charge in [0, 0.05) is 111 Å². The van der Waals surface area contributed by atoms with Crippen molar-refractivity contribution in [1.82, 2.24) is 40.1 Å². The lowest BCUT2D eigenvalue weighted by Gasteiger charge is -2.41. The van der Waals surface area contributed by atoms with Crippen molar-refractivity contribution in [3.8, 4) is 22.5 Å². The normalized spacial score (nSPS) is 27.4. The topological polar surface area (TPSA) is 165 Å². The number of morpholine rings is 1. The van der Waals surface area contributed by atoms with E-state index in [0.29, 0.717) is 78.5 Å². The summed E-state index contributed by atoms with van der Waals surface area (Å²) in [5, 5.41) is 8.68. The van der Waals surface area contributed by atoms with Crippen LogP contribution in [-0.2, 0) is 51.0 Å². The number of amides is 2. The minimum Gasteiger partial charge on any atom is -0.464 e. The second-order valence-electron chi connectivity index (χ2n) is 21.8. The number of fused-ring (bicyclic) bond motifs is 6. The van der Waals surface area contributed by atoms with E-state index in [1.165, 1.54) is 11.3 Å². The van der Waals surface area contributed by atoms with Crippen molar-refractivity contribution in [2.75, 3.05) is 105 Å². The van der Waals surface area contributed by atoms with E-state index >= 15 is 4.79 Å². The maximum absolute atomic E-state index is 15.1. The Morgan fingerprint density at radius 2 is 1.74 bits per heavy atom. The summed E-state index contributed by atoms with van der Waals surface area (Å²) < 4.78 is 33.0.